The van der Waals surface area contributed by atoms with E-state index < -0.39 is 4.92 Å². The summed E-state index contributed by atoms with van der Waals surface area (Å²) in [5, 5.41) is 10.6. The maximum atomic E-state index is 10.6. The number of nitrogen functional groups attached to an aromatic ring is 1. The van der Waals surface area contributed by atoms with E-state index in [4.69, 9.17) is 5.73 Å². The summed E-state index contributed by atoms with van der Waals surface area (Å²) < 4.78 is 0.790. The van der Waals surface area contributed by atoms with E-state index in [-0.39, 0.29) is 11.5 Å². The molecule has 1 heterocycles. The van der Waals surface area contributed by atoms with E-state index in [1.807, 2.05) is 22.6 Å². The van der Waals surface area contributed by atoms with Gasteiger partial charge in [-0.1, -0.05) is 0 Å². The molecule has 0 spiro atoms. The monoisotopic (exact) mass is 293 g/mol. The van der Waals surface area contributed by atoms with Crippen molar-refractivity contribution in [2.24, 2.45) is 0 Å². The van der Waals surface area contributed by atoms with Crippen LogP contribution in [-0.4, -0.2) is 9.91 Å². The van der Waals surface area contributed by atoms with Crippen LogP contribution < -0.4 is 5.73 Å². The lowest BCUT2D eigenvalue weighted by Crippen LogP contribution is -2.04. The average Bonchev–Trinajstić information content (AvgIpc) is 1.99. The lowest BCUT2D eigenvalue weighted by molar-refractivity contribution is -0.384. The number of anilines is 1. The zero-order valence-electron chi connectivity index (χ0n) is 7.17. The van der Waals surface area contributed by atoms with Crippen LogP contribution in [0.15, 0.2) is 0 Å². The van der Waals surface area contributed by atoms with Gasteiger partial charge in [-0.2, -0.15) is 0 Å². The number of nitro groups is 1. The second-order valence-electron chi connectivity index (χ2n) is 2.63. The minimum Gasteiger partial charge on any atom is -0.378 e. The number of aromatic nitrogens is 1. The summed E-state index contributed by atoms with van der Waals surface area (Å²) in [6.45, 7) is 3.44. The molecule has 0 aliphatic heterocycles. The molecule has 0 amide bonds. The molecule has 0 unspecified atom stereocenters. The van der Waals surface area contributed by atoms with Gasteiger partial charge in [-0.3, -0.25) is 10.1 Å². The molecule has 1 rings (SSSR count). The van der Waals surface area contributed by atoms with Crippen molar-refractivity contribution in [3.05, 3.63) is 24.9 Å². The molecule has 0 radical (unpaired) electrons. The van der Waals surface area contributed by atoms with Crippen LogP contribution >= 0.6 is 22.6 Å². The average molecular weight is 293 g/mol. The number of halogens is 1. The molecule has 13 heavy (non-hydrogen) atoms. The van der Waals surface area contributed by atoms with Gasteiger partial charge in [0.2, 0.25) is 5.82 Å². The molecule has 5 nitrogen and oxygen atoms in total. The third kappa shape index (κ3) is 1.71. The molecule has 1 aromatic rings. The zero-order chi connectivity index (χ0) is 10.2. The molecule has 0 aromatic carbocycles. The molecule has 6 heteroatoms. The van der Waals surface area contributed by atoms with Crippen LogP contribution in [0.3, 0.4) is 0 Å². The number of aryl methyl sites for hydroxylation is 1. The van der Waals surface area contributed by atoms with E-state index in [2.05, 4.69) is 4.98 Å². The molecule has 1 aromatic heterocycles. The van der Waals surface area contributed by atoms with Crippen molar-refractivity contribution in [2.45, 2.75) is 13.8 Å². The highest BCUT2D eigenvalue weighted by atomic mass is 127. The van der Waals surface area contributed by atoms with Gasteiger partial charge in [0.1, 0.15) is 0 Å². The molecule has 0 atom stereocenters. The summed E-state index contributed by atoms with van der Waals surface area (Å²) in [7, 11) is 0. The summed E-state index contributed by atoms with van der Waals surface area (Å²) in [5.74, 6) is -0.0135. The molecule has 0 saturated heterocycles. The van der Waals surface area contributed by atoms with E-state index in [9.17, 15) is 10.1 Å². The van der Waals surface area contributed by atoms with Gasteiger partial charge in [0.05, 0.1) is 10.6 Å². The predicted molar refractivity (Wildman–Crippen MR) is 57.5 cm³/mol. The van der Waals surface area contributed by atoms with E-state index in [1.54, 1.807) is 13.8 Å². The van der Waals surface area contributed by atoms with Gasteiger partial charge in [0.15, 0.2) is 0 Å². The predicted octanol–water partition coefficient (Wildman–Crippen LogP) is 1.79. The smallest absolute Gasteiger partial charge is 0.315 e. The van der Waals surface area contributed by atoms with Crippen molar-refractivity contribution in [1.29, 1.82) is 0 Å². The molecular weight excluding hydrogens is 285 g/mol. The maximum absolute atomic E-state index is 10.6. The fourth-order valence-corrected chi connectivity index (χ4v) is 1.46. The zero-order valence-corrected chi connectivity index (χ0v) is 9.32. The van der Waals surface area contributed by atoms with Crippen LogP contribution in [0, 0.1) is 27.5 Å². The van der Waals surface area contributed by atoms with Crippen molar-refractivity contribution in [2.75, 3.05) is 5.73 Å². The third-order valence-electron chi connectivity index (χ3n) is 1.72. The lowest BCUT2D eigenvalue weighted by atomic mass is 10.2. The quantitative estimate of drug-likeness (QED) is 0.486. The number of hydrogen-bond acceptors (Lipinski definition) is 4. The Balaban J connectivity index is 3.53. The Labute approximate surface area is 88.6 Å². The van der Waals surface area contributed by atoms with E-state index in [0.29, 0.717) is 5.56 Å². The fourth-order valence-electron chi connectivity index (χ4n) is 1.08. The molecule has 0 saturated carbocycles. The lowest BCUT2D eigenvalue weighted by Gasteiger charge is -2.04. The van der Waals surface area contributed by atoms with Crippen molar-refractivity contribution >= 4 is 34.1 Å². The van der Waals surface area contributed by atoms with Crippen LogP contribution in [0.4, 0.5) is 11.5 Å². The molecule has 0 aliphatic rings. The van der Waals surface area contributed by atoms with Gasteiger partial charge in [-0.15, -0.1) is 0 Å². The Morgan fingerprint density at radius 3 is 2.54 bits per heavy atom. The minimum absolute atomic E-state index is 0.0135. The molecule has 0 bridgehead atoms. The Bertz CT molecular complexity index is 378. The summed E-state index contributed by atoms with van der Waals surface area (Å²) in [6, 6.07) is 0. The highest BCUT2D eigenvalue weighted by Gasteiger charge is 2.20. The summed E-state index contributed by atoms with van der Waals surface area (Å²) in [4.78, 5) is 14.0. The number of pyridine rings is 1. The third-order valence-corrected chi connectivity index (χ3v) is 3.31. The standard InChI is InChI=1S/C7H8IN3O2/c1-3-5(8)4(2)10-7(9)6(3)11(12)13/h1-2H3,(H2,9,10). The molecule has 0 aliphatic carbocycles. The van der Waals surface area contributed by atoms with Gasteiger partial charge in [0, 0.05) is 9.13 Å². The van der Waals surface area contributed by atoms with Gasteiger partial charge >= 0.3 is 5.69 Å². The van der Waals surface area contributed by atoms with Crippen LogP contribution in [0.5, 0.6) is 0 Å². The summed E-state index contributed by atoms with van der Waals surface area (Å²) in [6.07, 6.45) is 0. The largest absolute Gasteiger partial charge is 0.378 e. The number of hydrogen-bond donors (Lipinski definition) is 1. The SMILES string of the molecule is Cc1nc(N)c([N+](=O)[O-])c(C)c1I. The van der Waals surface area contributed by atoms with Crippen LogP contribution in [-0.2, 0) is 0 Å². The summed E-state index contributed by atoms with van der Waals surface area (Å²) >= 11 is 2.02. The van der Waals surface area contributed by atoms with Crippen LogP contribution in [0.1, 0.15) is 11.3 Å². The minimum atomic E-state index is -0.501. The van der Waals surface area contributed by atoms with Crippen molar-refractivity contribution < 1.29 is 4.92 Å². The van der Waals surface area contributed by atoms with Gasteiger partial charge in [-0.05, 0) is 36.4 Å². The summed E-state index contributed by atoms with van der Waals surface area (Å²) in [5.41, 5.74) is 6.65. The number of nitrogens with two attached hydrogens (primary N) is 1. The first-order valence-electron chi connectivity index (χ1n) is 3.51. The molecule has 0 fully saturated rings. The number of nitrogens with zero attached hydrogens (tertiary/aromatic N) is 2. The highest BCUT2D eigenvalue weighted by molar-refractivity contribution is 14.1. The van der Waals surface area contributed by atoms with E-state index >= 15 is 0 Å². The van der Waals surface area contributed by atoms with Crippen molar-refractivity contribution in [3.8, 4) is 0 Å². The van der Waals surface area contributed by atoms with Crippen molar-refractivity contribution in [3.63, 3.8) is 0 Å². The maximum Gasteiger partial charge on any atom is 0.315 e. The first-order valence-corrected chi connectivity index (χ1v) is 4.59. The Morgan fingerprint density at radius 1 is 1.54 bits per heavy atom. The van der Waals surface area contributed by atoms with Gasteiger partial charge < -0.3 is 5.73 Å². The molecule has 70 valence electrons. The second-order valence-corrected chi connectivity index (χ2v) is 3.71. The Kier molecular flexibility index (Phi) is 2.69. The normalized spacial score (nSPS) is 10.1. The fraction of sp³-hybridized carbons (Fsp3) is 0.286. The van der Waals surface area contributed by atoms with Gasteiger partial charge in [0.25, 0.3) is 0 Å². The van der Waals surface area contributed by atoms with Crippen LogP contribution in [0.2, 0.25) is 0 Å². The van der Waals surface area contributed by atoms with Crippen molar-refractivity contribution in [1.82, 2.24) is 4.98 Å². The van der Waals surface area contributed by atoms with E-state index in [1.165, 1.54) is 0 Å². The highest BCUT2D eigenvalue weighted by Crippen LogP contribution is 2.29. The Hall–Kier alpha value is -0.920. The molecular formula is C7H8IN3O2. The first-order chi connectivity index (χ1) is 5.95. The Morgan fingerprint density at radius 2 is 2.08 bits per heavy atom. The van der Waals surface area contributed by atoms with Crippen LogP contribution in [0.25, 0.3) is 0 Å². The van der Waals surface area contributed by atoms with E-state index in [0.717, 1.165) is 9.26 Å². The molecule has 2 N–H and O–H groups in total. The second kappa shape index (κ2) is 3.44. The topological polar surface area (TPSA) is 82.0 Å². The number of rotatable bonds is 1. The first kappa shape index (κ1) is 10.2. The van der Waals surface area contributed by atoms with Gasteiger partial charge in [-0.25, -0.2) is 4.98 Å².